The molecule has 1 N–H and O–H groups in total. The van der Waals surface area contributed by atoms with Crippen LogP contribution in [0, 0.1) is 5.92 Å². The smallest absolute Gasteiger partial charge is 0.0628 e. The molecule has 0 bridgehead atoms. The van der Waals surface area contributed by atoms with E-state index in [0.717, 1.165) is 19.1 Å². The summed E-state index contributed by atoms with van der Waals surface area (Å²) in [5.41, 5.74) is 0. The SMILES string of the molecule is C1C[C@H]2OCC[C@H]2CN1.Cl. The summed E-state index contributed by atoms with van der Waals surface area (Å²) in [7, 11) is 0. The molecule has 0 radical (unpaired) electrons. The van der Waals surface area contributed by atoms with Crippen LogP contribution in [0.15, 0.2) is 0 Å². The molecule has 2 saturated heterocycles. The summed E-state index contributed by atoms with van der Waals surface area (Å²) in [6.45, 7) is 3.34. The second kappa shape index (κ2) is 3.56. The van der Waals surface area contributed by atoms with Crippen molar-refractivity contribution in [2.75, 3.05) is 19.7 Å². The van der Waals surface area contributed by atoms with E-state index in [2.05, 4.69) is 5.32 Å². The summed E-state index contributed by atoms with van der Waals surface area (Å²) in [5.74, 6) is 0.832. The second-order valence-electron chi connectivity index (χ2n) is 2.95. The van der Waals surface area contributed by atoms with Crippen LogP contribution in [-0.4, -0.2) is 25.8 Å². The highest BCUT2D eigenvalue weighted by molar-refractivity contribution is 5.85. The van der Waals surface area contributed by atoms with Crippen molar-refractivity contribution >= 4 is 12.4 Å². The van der Waals surface area contributed by atoms with Crippen LogP contribution in [0.5, 0.6) is 0 Å². The zero-order valence-corrected chi connectivity index (χ0v) is 6.82. The molecule has 0 aromatic rings. The standard InChI is InChI=1S/C7H13NO.ClH/c1-3-8-5-6-2-4-9-7(1)6;/h6-8H,1-5H2;1H/t6-,7+;/m0./s1. The van der Waals surface area contributed by atoms with Crippen LogP contribution in [0.25, 0.3) is 0 Å². The number of rotatable bonds is 0. The van der Waals surface area contributed by atoms with E-state index < -0.39 is 0 Å². The molecule has 0 saturated carbocycles. The molecule has 2 aliphatic rings. The third-order valence-electron chi connectivity index (χ3n) is 2.36. The van der Waals surface area contributed by atoms with Gasteiger partial charge in [0.15, 0.2) is 0 Å². The Labute approximate surface area is 67.7 Å². The Balaban J connectivity index is 0.000000500. The van der Waals surface area contributed by atoms with E-state index in [1.54, 1.807) is 0 Å². The predicted octanol–water partition coefficient (Wildman–Crippen LogP) is 0.807. The molecule has 2 atom stereocenters. The maximum atomic E-state index is 5.52. The number of piperidine rings is 1. The molecule has 2 nitrogen and oxygen atoms in total. The zero-order chi connectivity index (χ0) is 6.10. The first-order valence-corrected chi connectivity index (χ1v) is 3.79. The highest BCUT2D eigenvalue weighted by atomic mass is 35.5. The Bertz CT molecular complexity index is 97.8. The summed E-state index contributed by atoms with van der Waals surface area (Å²) in [5, 5.41) is 3.38. The number of ether oxygens (including phenoxy) is 1. The fourth-order valence-corrected chi connectivity index (χ4v) is 1.78. The quantitative estimate of drug-likeness (QED) is 0.571. The molecule has 0 unspecified atom stereocenters. The van der Waals surface area contributed by atoms with Gasteiger partial charge in [0, 0.05) is 13.2 Å². The number of nitrogens with one attached hydrogen (secondary N) is 1. The minimum atomic E-state index is 0. The van der Waals surface area contributed by atoms with Crippen LogP contribution in [0.3, 0.4) is 0 Å². The molecule has 0 aliphatic carbocycles. The lowest BCUT2D eigenvalue weighted by molar-refractivity contribution is 0.0719. The average Bonchev–Trinajstić information content (AvgIpc) is 2.33. The first-order chi connectivity index (χ1) is 4.47. The van der Waals surface area contributed by atoms with E-state index in [-0.39, 0.29) is 12.4 Å². The third-order valence-corrected chi connectivity index (χ3v) is 2.36. The normalized spacial score (nSPS) is 38.4. The molecule has 2 fully saturated rings. The van der Waals surface area contributed by atoms with Crippen LogP contribution in [0.2, 0.25) is 0 Å². The summed E-state index contributed by atoms with van der Waals surface area (Å²) in [6, 6.07) is 0. The Kier molecular flexibility index (Phi) is 2.96. The average molecular weight is 164 g/mol. The molecule has 2 heterocycles. The van der Waals surface area contributed by atoms with Crippen molar-refractivity contribution in [1.82, 2.24) is 5.32 Å². The minimum absolute atomic E-state index is 0. The van der Waals surface area contributed by atoms with Gasteiger partial charge in [-0.1, -0.05) is 0 Å². The van der Waals surface area contributed by atoms with Gasteiger partial charge in [-0.15, -0.1) is 12.4 Å². The fourth-order valence-electron chi connectivity index (χ4n) is 1.78. The lowest BCUT2D eigenvalue weighted by atomic mass is 9.96. The first-order valence-electron chi connectivity index (χ1n) is 3.79. The molecule has 2 rings (SSSR count). The topological polar surface area (TPSA) is 21.3 Å². The Morgan fingerprint density at radius 1 is 1.30 bits per heavy atom. The van der Waals surface area contributed by atoms with Crippen molar-refractivity contribution in [1.29, 1.82) is 0 Å². The molecule has 0 aromatic carbocycles. The second-order valence-corrected chi connectivity index (χ2v) is 2.95. The van der Waals surface area contributed by atoms with Gasteiger partial charge in [-0.3, -0.25) is 0 Å². The fraction of sp³-hybridized carbons (Fsp3) is 1.00. The zero-order valence-electron chi connectivity index (χ0n) is 6.01. The molecule has 10 heavy (non-hydrogen) atoms. The van der Waals surface area contributed by atoms with Crippen molar-refractivity contribution in [2.24, 2.45) is 5.92 Å². The lowest BCUT2D eigenvalue weighted by Gasteiger charge is -2.24. The number of hydrogen-bond acceptors (Lipinski definition) is 2. The Morgan fingerprint density at radius 2 is 2.20 bits per heavy atom. The lowest BCUT2D eigenvalue weighted by Crippen LogP contribution is -2.37. The Morgan fingerprint density at radius 3 is 3.00 bits per heavy atom. The molecule has 0 amide bonds. The molecular weight excluding hydrogens is 150 g/mol. The molecule has 0 spiro atoms. The third kappa shape index (κ3) is 1.44. The van der Waals surface area contributed by atoms with E-state index >= 15 is 0 Å². The first kappa shape index (κ1) is 8.31. The molecule has 3 heteroatoms. The van der Waals surface area contributed by atoms with Crippen molar-refractivity contribution in [3.05, 3.63) is 0 Å². The predicted molar refractivity (Wildman–Crippen MR) is 42.6 cm³/mol. The molecule has 60 valence electrons. The minimum Gasteiger partial charge on any atom is -0.378 e. The van der Waals surface area contributed by atoms with Crippen molar-refractivity contribution in [2.45, 2.75) is 18.9 Å². The largest absolute Gasteiger partial charge is 0.378 e. The highest BCUT2D eigenvalue weighted by Crippen LogP contribution is 2.24. The van der Waals surface area contributed by atoms with E-state index in [1.165, 1.54) is 19.4 Å². The van der Waals surface area contributed by atoms with Gasteiger partial charge in [0.05, 0.1) is 6.10 Å². The van der Waals surface area contributed by atoms with Crippen molar-refractivity contribution < 1.29 is 4.74 Å². The Hall–Kier alpha value is 0.210. The highest BCUT2D eigenvalue weighted by Gasteiger charge is 2.29. The number of hydrogen-bond donors (Lipinski definition) is 1. The maximum Gasteiger partial charge on any atom is 0.0628 e. The molecule has 2 aliphatic heterocycles. The van der Waals surface area contributed by atoms with E-state index in [4.69, 9.17) is 4.74 Å². The van der Waals surface area contributed by atoms with Gasteiger partial charge in [-0.05, 0) is 25.3 Å². The van der Waals surface area contributed by atoms with Gasteiger partial charge in [-0.25, -0.2) is 0 Å². The van der Waals surface area contributed by atoms with E-state index in [9.17, 15) is 0 Å². The summed E-state index contributed by atoms with van der Waals surface area (Å²) < 4.78 is 5.52. The molecular formula is C7H14ClNO. The summed E-state index contributed by atoms with van der Waals surface area (Å²) in [6.07, 6.45) is 3.11. The number of fused-ring (bicyclic) bond motifs is 1. The van der Waals surface area contributed by atoms with E-state index in [0.29, 0.717) is 6.10 Å². The monoisotopic (exact) mass is 163 g/mol. The molecule has 0 aromatic heterocycles. The van der Waals surface area contributed by atoms with E-state index in [1.807, 2.05) is 0 Å². The van der Waals surface area contributed by atoms with Crippen LogP contribution in [0.1, 0.15) is 12.8 Å². The summed E-state index contributed by atoms with van der Waals surface area (Å²) in [4.78, 5) is 0. The maximum absolute atomic E-state index is 5.52. The van der Waals surface area contributed by atoms with Gasteiger partial charge < -0.3 is 10.1 Å². The van der Waals surface area contributed by atoms with Crippen molar-refractivity contribution in [3.63, 3.8) is 0 Å². The van der Waals surface area contributed by atoms with Crippen molar-refractivity contribution in [3.8, 4) is 0 Å². The van der Waals surface area contributed by atoms with Gasteiger partial charge in [0.2, 0.25) is 0 Å². The van der Waals surface area contributed by atoms with Crippen LogP contribution < -0.4 is 5.32 Å². The van der Waals surface area contributed by atoms with Crippen LogP contribution >= 0.6 is 12.4 Å². The van der Waals surface area contributed by atoms with Crippen LogP contribution in [0.4, 0.5) is 0 Å². The van der Waals surface area contributed by atoms with Gasteiger partial charge >= 0.3 is 0 Å². The van der Waals surface area contributed by atoms with Crippen LogP contribution in [-0.2, 0) is 4.74 Å². The van der Waals surface area contributed by atoms with Gasteiger partial charge in [0.25, 0.3) is 0 Å². The number of halogens is 1. The summed E-state index contributed by atoms with van der Waals surface area (Å²) >= 11 is 0. The van der Waals surface area contributed by atoms with Gasteiger partial charge in [0.1, 0.15) is 0 Å². The van der Waals surface area contributed by atoms with Gasteiger partial charge in [-0.2, -0.15) is 0 Å².